The first kappa shape index (κ1) is 18.1. The van der Waals surface area contributed by atoms with E-state index >= 15 is 0 Å². The third-order valence-corrected chi connectivity index (χ3v) is 4.61. The first-order valence-corrected chi connectivity index (χ1v) is 8.25. The summed E-state index contributed by atoms with van der Waals surface area (Å²) in [5, 5.41) is 0. The van der Waals surface area contributed by atoms with Crippen molar-refractivity contribution in [3.63, 3.8) is 0 Å². The van der Waals surface area contributed by atoms with Crippen LogP contribution in [-0.4, -0.2) is 17.5 Å². The molecule has 1 fully saturated rings. The van der Waals surface area contributed by atoms with E-state index in [0.717, 1.165) is 4.47 Å². The molecule has 0 heterocycles. The number of amidine groups is 1. The molecular formula is C16H20BrF3N2O. The van der Waals surface area contributed by atoms with Crippen LogP contribution in [0.1, 0.15) is 51.1 Å². The molecule has 1 aromatic rings. The fraction of sp³-hybridized carbons (Fsp3) is 0.562. The van der Waals surface area contributed by atoms with E-state index in [4.69, 9.17) is 10.5 Å². The Balaban J connectivity index is 2.06. The van der Waals surface area contributed by atoms with Crippen LogP contribution in [-0.2, 0) is 4.74 Å². The lowest BCUT2D eigenvalue weighted by Gasteiger charge is -2.37. The van der Waals surface area contributed by atoms with Gasteiger partial charge in [0.2, 0.25) is 5.92 Å². The van der Waals surface area contributed by atoms with Gasteiger partial charge in [0, 0.05) is 22.9 Å². The highest BCUT2D eigenvalue weighted by Crippen LogP contribution is 2.40. The van der Waals surface area contributed by atoms with Gasteiger partial charge in [0.1, 0.15) is 11.4 Å². The van der Waals surface area contributed by atoms with E-state index in [1.807, 2.05) is 0 Å². The zero-order valence-corrected chi connectivity index (χ0v) is 14.7. The van der Waals surface area contributed by atoms with Crippen molar-refractivity contribution >= 4 is 22.0 Å². The number of alkyl halides is 2. The summed E-state index contributed by atoms with van der Waals surface area (Å²) in [5.41, 5.74) is 5.41. The van der Waals surface area contributed by atoms with Gasteiger partial charge in [0.05, 0.1) is 6.04 Å². The number of aliphatic imine (C=N–C) groups is 1. The Morgan fingerprint density at radius 1 is 1.30 bits per heavy atom. The van der Waals surface area contributed by atoms with E-state index in [0.29, 0.717) is 5.56 Å². The minimum Gasteiger partial charge on any atom is -0.459 e. The largest absolute Gasteiger partial charge is 0.459 e. The molecule has 3 nitrogen and oxygen atoms in total. The van der Waals surface area contributed by atoms with Crippen LogP contribution < -0.4 is 5.73 Å². The molecule has 0 aliphatic heterocycles. The summed E-state index contributed by atoms with van der Waals surface area (Å²) in [6, 6.07) is 3.91. The fourth-order valence-corrected chi connectivity index (χ4v) is 3.00. The maximum absolute atomic E-state index is 13.8. The standard InChI is InChI=1S/C16H20BrF3N2O/c1-10(12-9-11(17)3-4-13(12)18)22-14(21)23-15(2)5-7-16(19,20)8-6-15/h3-4,9-10H,5-8H2,1-2H3,(H2,21,22). The van der Waals surface area contributed by atoms with Crippen LogP contribution in [0.3, 0.4) is 0 Å². The smallest absolute Gasteiger partial charge is 0.283 e. The Kier molecular flexibility index (Phi) is 5.28. The molecule has 0 aromatic heterocycles. The SMILES string of the molecule is CC(N=C(N)OC1(C)CCC(F)(F)CC1)c1cc(Br)ccc1F. The van der Waals surface area contributed by atoms with Crippen molar-refractivity contribution in [2.75, 3.05) is 0 Å². The Bertz CT molecular complexity index is 597. The molecule has 0 radical (unpaired) electrons. The lowest BCUT2D eigenvalue weighted by Crippen LogP contribution is -2.41. The number of benzene rings is 1. The molecule has 0 bridgehead atoms. The highest BCUT2D eigenvalue weighted by Gasteiger charge is 2.42. The van der Waals surface area contributed by atoms with Crippen LogP contribution in [0.5, 0.6) is 0 Å². The predicted molar refractivity (Wildman–Crippen MR) is 87.0 cm³/mol. The molecule has 0 saturated heterocycles. The van der Waals surface area contributed by atoms with Crippen molar-refractivity contribution in [3.05, 3.63) is 34.1 Å². The van der Waals surface area contributed by atoms with Gasteiger partial charge in [-0.3, -0.25) is 0 Å². The topological polar surface area (TPSA) is 47.6 Å². The summed E-state index contributed by atoms with van der Waals surface area (Å²) < 4.78 is 46.6. The fourth-order valence-electron chi connectivity index (χ4n) is 2.62. The molecule has 1 unspecified atom stereocenters. The Hall–Kier alpha value is -1.24. The summed E-state index contributed by atoms with van der Waals surface area (Å²) in [5.74, 6) is -3.03. The normalized spacial score (nSPS) is 21.7. The van der Waals surface area contributed by atoms with Crippen LogP contribution in [0, 0.1) is 5.82 Å². The number of rotatable bonds is 3. The Labute approximate surface area is 142 Å². The highest BCUT2D eigenvalue weighted by molar-refractivity contribution is 9.10. The highest BCUT2D eigenvalue weighted by atomic mass is 79.9. The zero-order valence-electron chi connectivity index (χ0n) is 13.1. The van der Waals surface area contributed by atoms with E-state index < -0.39 is 17.6 Å². The molecule has 1 atom stereocenters. The number of hydrogen-bond acceptors (Lipinski definition) is 2. The van der Waals surface area contributed by atoms with E-state index in [1.165, 1.54) is 6.07 Å². The van der Waals surface area contributed by atoms with Gasteiger partial charge in [0.15, 0.2) is 0 Å². The second-order valence-electron chi connectivity index (χ2n) is 6.22. The second-order valence-corrected chi connectivity index (χ2v) is 7.13. The van der Waals surface area contributed by atoms with Crippen molar-refractivity contribution in [1.82, 2.24) is 0 Å². The van der Waals surface area contributed by atoms with Gasteiger partial charge in [-0.25, -0.2) is 18.2 Å². The molecule has 128 valence electrons. The van der Waals surface area contributed by atoms with E-state index in [2.05, 4.69) is 20.9 Å². The third kappa shape index (κ3) is 4.86. The monoisotopic (exact) mass is 392 g/mol. The van der Waals surface area contributed by atoms with Gasteiger partial charge in [0.25, 0.3) is 6.02 Å². The average Bonchev–Trinajstić information content (AvgIpc) is 2.45. The van der Waals surface area contributed by atoms with Crippen molar-refractivity contribution < 1.29 is 17.9 Å². The summed E-state index contributed by atoms with van der Waals surface area (Å²) >= 11 is 3.28. The van der Waals surface area contributed by atoms with Crippen molar-refractivity contribution in [1.29, 1.82) is 0 Å². The van der Waals surface area contributed by atoms with Crippen molar-refractivity contribution in [2.45, 2.75) is 57.1 Å². The van der Waals surface area contributed by atoms with Gasteiger partial charge < -0.3 is 10.5 Å². The van der Waals surface area contributed by atoms with Gasteiger partial charge in [-0.15, -0.1) is 0 Å². The number of nitrogens with zero attached hydrogens (tertiary/aromatic N) is 1. The lowest BCUT2D eigenvalue weighted by molar-refractivity contribution is -0.0912. The van der Waals surface area contributed by atoms with Gasteiger partial charge in [-0.05, 0) is 44.9 Å². The molecule has 0 amide bonds. The number of hydrogen-bond donors (Lipinski definition) is 1. The molecule has 2 rings (SSSR count). The molecule has 1 aliphatic carbocycles. The van der Waals surface area contributed by atoms with E-state index in [9.17, 15) is 13.2 Å². The maximum atomic E-state index is 13.8. The van der Waals surface area contributed by atoms with Crippen LogP contribution in [0.25, 0.3) is 0 Å². The second kappa shape index (κ2) is 6.71. The summed E-state index contributed by atoms with van der Waals surface area (Å²) in [6.07, 6.45) is -0.0507. The van der Waals surface area contributed by atoms with E-state index in [-0.39, 0.29) is 37.5 Å². The first-order valence-electron chi connectivity index (χ1n) is 7.45. The molecule has 2 N–H and O–H groups in total. The summed E-state index contributed by atoms with van der Waals surface area (Å²) in [4.78, 5) is 4.15. The minimum atomic E-state index is -2.64. The zero-order chi connectivity index (χ0) is 17.3. The van der Waals surface area contributed by atoms with Crippen molar-refractivity contribution in [2.24, 2.45) is 10.7 Å². The van der Waals surface area contributed by atoms with E-state index in [1.54, 1.807) is 26.0 Å². The number of ether oxygens (including phenoxy) is 1. The summed E-state index contributed by atoms with van der Waals surface area (Å²) in [6.45, 7) is 3.44. The molecule has 1 saturated carbocycles. The lowest BCUT2D eigenvalue weighted by atomic mass is 9.84. The molecule has 7 heteroatoms. The number of nitrogens with two attached hydrogens (primary N) is 1. The van der Waals surface area contributed by atoms with Crippen molar-refractivity contribution in [3.8, 4) is 0 Å². The summed E-state index contributed by atoms with van der Waals surface area (Å²) in [7, 11) is 0. The van der Waals surface area contributed by atoms with Crippen LogP contribution in [0.2, 0.25) is 0 Å². The van der Waals surface area contributed by atoms with Gasteiger partial charge in [-0.1, -0.05) is 15.9 Å². The molecule has 0 spiro atoms. The number of halogens is 4. The molecule has 1 aromatic carbocycles. The maximum Gasteiger partial charge on any atom is 0.283 e. The average molecular weight is 393 g/mol. The first-order chi connectivity index (χ1) is 10.6. The quantitative estimate of drug-likeness (QED) is 0.584. The Morgan fingerprint density at radius 3 is 2.52 bits per heavy atom. The van der Waals surface area contributed by atoms with Crippen LogP contribution in [0.4, 0.5) is 13.2 Å². The van der Waals surface area contributed by atoms with Gasteiger partial charge in [-0.2, -0.15) is 0 Å². The molecule has 1 aliphatic rings. The minimum absolute atomic E-state index is 0.107. The van der Waals surface area contributed by atoms with Gasteiger partial charge >= 0.3 is 0 Å². The Morgan fingerprint density at radius 2 is 1.91 bits per heavy atom. The van der Waals surface area contributed by atoms with Crippen LogP contribution >= 0.6 is 15.9 Å². The predicted octanol–water partition coefficient (Wildman–Crippen LogP) is 4.95. The molecule has 23 heavy (non-hydrogen) atoms. The van der Waals surface area contributed by atoms with Crippen LogP contribution in [0.15, 0.2) is 27.7 Å². The third-order valence-electron chi connectivity index (χ3n) is 4.12. The molecular weight excluding hydrogens is 373 g/mol.